The second-order valence-electron chi connectivity index (χ2n) is 7.06. The lowest BCUT2D eigenvalue weighted by atomic mass is 10.1. The number of aromatic nitrogens is 2. The number of amides is 2. The number of nitrogens with zero attached hydrogens (tertiary/aromatic N) is 4. The lowest BCUT2D eigenvalue weighted by molar-refractivity contribution is 0.136. The smallest absolute Gasteiger partial charge is 0.330 e. The zero-order valence-electron chi connectivity index (χ0n) is 17.2. The number of ether oxygens (including phenoxy) is 1. The average Bonchev–Trinajstić information content (AvgIpc) is 3.04. The van der Waals surface area contributed by atoms with Gasteiger partial charge in [-0.15, -0.1) is 5.73 Å². The van der Waals surface area contributed by atoms with Gasteiger partial charge in [0.25, 0.3) is 0 Å². The van der Waals surface area contributed by atoms with Gasteiger partial charge in [-0.2, -0.15) is 0 Å². The van der Waals surface area contributed by atoms with Crippen molar-refractivity contribution in [1.82, 2.24) is 14.5 Å². The monoisotopic (exact) mass is 380 g/mol. The van der Waals surface area contributed by atoms with E-state index in [1.165, 1.54) is 11.1 Å². The van der Waals surface area contributed by atoms with Crippen LogP contribution < -0.4 is 4.90 Å². The van der Waals surface area contributed by atoms with Crippen LogP contribution in [0.5, 0.6) is 0 Å². The molecule has 1 aliphatic heterocycles. The van der Waals surface area contributed by atoms with Crippen LogP contribution >= 0.6 is 0 Å². The normalized spacial score (nSPS) is 13.7. The zero-order chi connectivity index (χ0) is 20.3. The molecular weight excluding hydrogens is 352 g/mol. The molecule has 0 fully saturated rings. The maximum atomic E-state index is 12.6. The molecule has 2 aromatic rings. The largest absolute Gasteiger partial charge is 0.381 e. The lowest BCUT2D eigenvalue weighted by Gasteiger charge is -2.31. The van der Waals surface area contributed by atoms with Gasteiger partial charge in [0, 0.05) is 33.7 Å². The van der Waals surface area contributed by atoms with Crippen LogP contribution in [0.15, 0.2) is 36.6 Å². The molecule has 1 aliphatic rings. The van der Waals surface area contributed by atoms with Gasteiger partial charge in [0.05, 0.1) is 6.61 Å². The van der Waals surface area contributed by atoms with E-state index in [0.29, 0.717) is 31.1 Å². The van der Waals surface area contributed by atoms with Gasteiger partial charge < -0.3 is 9.30 Å². The Morgan fingerprint density at radius 2 is 1.86 bits per heavy atom. The van der Waals surface area contributed by atoms with Crippen LogP contribution in [0.4, 0.5) is 10.6 Å². The molecule has 0 atom stereocenters. The maximum Gasteiger partial charge on any atom is 0.330 e. The fourth-order valence-electron chi connectivity index (χ4n) is 3.37. The highest BCUT2D eigenvalue weighted by molar-refractivity contribution is 6.02. The summed E-state index contributed by atoms with van der Waals surface area (Å²) < 4.78 is 7.84. The first kappa shape index (κ1) is 19.9. The lowest BCUT2D eigenvalue weighted by Crippen LogP contribution is -2.42. The number of benzene rings is 1. The van der Waals surface area contributed by atoms with Crippen molar-refractivity contribution >= 4 is 17.5 Å². The minimum absolute atomic E-state index is 0.146. The number of hydrogen-bond acceptors (Lipinski definition) is 3. The van der Waals surface area contributed by atoms with E-state index < -0.39 is 0 Å². The minimum atomic E-state index is -0.146. The second kappa shape index (κ2) is 8.46. The van der Waals surface area contributed by atoms with Gasteiger partial charge in [-0.05, 0) is 18.9 Å². The van der Waals surface area contributed by atoms with Crippen molar-refractivity contribution in [1.29, 1.82) is 0 Å². The van der Waals surface area contributed by atoms with E-state index in [9.17, 15) is 4.79 Å². The molecule has 2 heterocycles. The minimum Gasteiger partial charge on any atom is -0.381 e. The molecule has 3 rings (SSSR count). The van der Waals surface area contributed by atoms with Gasteiger partial charge in [0.2, 0.25) is 0 Å². The Balaban J connectivity index is 2.05. The summed E-state index contributed by atoms with van der Waals surface area (Å²) in [6, 6.07) is 8.31. The number of urea groups is 1. The summed E-state index contributed by atoms with van der Waals surface area (Å²) in [6.07, 6.45) is 1.66. The number of imidazole rings is 1. The molecule has 0 unspecified atom stereocenters. The predicted octanol–water partition coefficient (Wildman–Crippen LogP) is 3.84. The number of fused-ring (bicyclic) bond motifs is 1. The van der Waals surface area contributed by atoms with E-state index in [0.717, 1.165) is 24.5 Å². The van der Waals surface area contributed by atoms with Crippen LogP contribution in [0.25, 0.3) is 5.70 Å². The number of rotatable bonds is 7. The number of hydrogen-bond donors (Lipinski definition) is 0. The Morgan fingerprint density at radius 1 is 1.14 bits per heavy atom. The topological polar surface area (TPSA) is 50.6 Å². The highest BCUT2D eigenvalue weighted by Gasteiger charge is 2.35. The highest BCUT2D eigenvalue weighted by atomic mass is 16.5. The molecule has 1 aromatic heterocycles. The predicted molar refractivity (Wildman–Crippen MR) is 111 cm³/mol. The maximum absolute atomic E-state index is 12.6. The summed E-state index contributed by atoms with van der Waals surface area (Å²) in [4.78, 5) is 20.5. The molecule has 0 saturated carbocycles. The third kappa shape index (κ3) is 3.75. The van der Waals surface area contributed by atoms with E-state index >= 15 is 0 Å². The van der Waals surface area contributed by atoms with Crippen LogP contribution in [0.1, 0.15) is 36.0 Å². The molecule has 2 amide bonds. The SMILES string of the molecule is C=C=C1c2c(nc(CCOCCC)n2Cc2ccc(C)cc2)N(C)C(=O)N1C. The third-order valence-corrected chi connectivity index (χ3v) is 4.93. The number of anilines is 1. The van der Waals surface area contributed by atoms with Crippen molar-refractivity contribution in [3.63, 3.8) is 0 Å². The first-order valence-corrected chi connectivity index (χ1v) is 9.62. The molecule has 0 spiro atoms. The van der Waals surface area contributed by atoms with Gasteiger partial charge in [0.1, 0.15) is 17.2 Å². The Bertz CT molecular complexity index is 907. The zero-order valence-corrected chi connectivity index (χ0v) is 17.2. The van der Waals surface area contributed by atoms with E-state index in [2.05, 4.69) is 55.0 Å². The molecule has 0 aliphatic carbocycles. The van der Waals surface area contributed by atoms with E-state index in [1.54, 1.807) is 23.9 Å². The molecule has 28 heavy (non-hydrogen) atoms. The van der Waals surface area contributed by atoms with Crippen molar-refractivity contribution in [3.05, 3.63) is 59.2 Å². The highest BCUT2D eigenvalue weighted by Crippen LogP contribution is 2.35. The van der Waals surface area contributed by atoms with Crippen LogP contribution in [-0.4, -0.2) is 47.8 Å². The van der Waals surface area contributed by atoms with Crippen molar-refractivity contribution in [2.45, 2.75) is 33.2 Å². The van der Waals surface area contributed by atoms with Gasteiger partial charge >= 0.3 is 6.03 Å². The van der Waals surface area contributed by atoms with Crippen molar-refractivity contribution in [2.24, 2.45) is 0 Å². The quantitative estimate of drug-likeness (QED) is 0.542. The molecule has 6 heteroatoms. The average molecular weight is 380 g/mol. The molecular formula is C22H28N4O2. The Hall–Kier alpha value is -2.82. The van der Waals surface area contributed by atoms with E-state index in [1.807, 2.05) is 0 Å². The van der Waals surface area contributed by atoms with E-state index in [4.69, 9.17) is 9.72 Å². The van der Waals surface area contributed by atoms with Crippen molar-refractivity contribution in [2.75, 3.05) is 32.2 Å². The molecule has 0 bridgehead atoms. The van der Waals surface area contributed by atoms with Crippen molar-refractivity contribution < 1.29 is 9.53 Å². The summed E-state index contributed by atoms with van der Waals surface area (Å²) in [5.41, 5.74) is 6.85. The van der Waals surface area contributed by atoms with Crippen molar-refractivity contribution in [3.8, 4) is 0 Å². The van der Waals surface area contributed by atoms with E-state index in [-0.39, 0.29) is 6.03 Å². The fourth-order valence-corrected chi connectivity index (χ4v) is 3.37. The standard InChI is InChI=1S/C22H28N4O2/c1-6-13-28-14-12-19-23-21-20(18(7-2)24(4)22(27)25(21)5)26(19)15-17-10-8-16(3)9-11-17/h8-11H,2,6,12-15H2,1,3-5H3. The Morgan fingerprint density at radius 3 is 2.50 bits per heavy atom. The molecule has 148 valence electrons. The van der Waals surface area contributed by atoms with Crippen LogP contribution in [0, 0.1) is 6.92 Å². The molecule has 6 nitrogen and oxygen atoms in total. The summed E-state index contributed by atoms with van der Waals surface area (Å²) in [5, 5.41) is 0. The van der Waals surface area contributed by atoms with Gasteiger partial charge in [-0.3, -0.25) is 9.80 Å². The van der Waals surface area contributed by atoms with Crippen LogP contribution in [0.2, 0.25) is 0 Å². The molecule has 0 N–H and O–H groups in total. The van der Waals surface area contributed by atoms with Crippen LogP contribution in [-0.2, 0) is 17.7 Å². The first-order valence-electron chi connectivity index (χ1n) is 9.62. The van der Waals surface area contributed by atoms with Gasteiger partial charge in [-0.1, -0.05) is 43.3 Å². The first-order chi connectivity index (χ1) is 13.5. The number of carbonyl (C=O) groups is 1. The second-order valence-corrected chi connectivity index (χ2v) is 7.06. The summed E-state index contributed by atoms with van der Waals surface area (Å²) in [5.74, 6) is 1.54. The van der Waals surface area contributed by atoms with Gasteiger partial charge in [0.15, 0.2) is 5.82 Å². The number of carbonyl (C=O) groups excluding carboxylic acids is 1. The fraction of sp³-hybridized carbons (Fsp3) is 0.409. The Labute approximate surface area is 166 Å². The summed E-state index contributed by atoms with van der Waals surface area (Å²) in [6.45, 7) is 9.97. The Kier molecular flexibility index (Phi) is 6.02. The molecule has 0 saturated heterocycles. The van der Waals surface area contributed by atoms with Gasteiger partial charge in [-0.25, -0.2) is 9.78 Å². The van der Waals surface area contributed by atoms with Crippen LogP contribution in [0.3, 0.4) is 0 Å². The summed E-state index contributed by atoms with van der Waals surface area (Å²) >= 11 is 0. The molecule has 0 radical (unpaired) electrons. The molecule has 1 aromatic carbocycles. The third-order valence-electron chi connectivity index (χ3n) is 4.93. The summed E-state index contributed by atoms with van der Waals surface area (Å²) in [7, 11) is 3.49. The number of aryl methyl sites for hydroxylation is 1.